The van der Waals surface area contributed by atoms with E-state index in [1.54, 1.807) is 6.92 Å². The Morgan fingerprint density at radius 1 is 1.38 bits per heavy atom. The highest BCUT2D eigenvalue weighted by molar-refractivity contribution is 7.16. The van der Waals surface area contributed by atoms with Gasteiger partial charge in [-0.05, 0) is 19.4 Å². The van der Waals surface area contributed by atoms with Crippen molar-refractivity contribution in [3.8, 4) is 0 Å². The molecule has 9 heteroatoms. The number of anilines is 1. The highest BCUT2D eigenvalue weighted by Gasteiger charge is 2.22. The Balaban J connectivity index is 2.17. The van der Waals surface area contributed by atoms with Gasteiger partial charge in [0, 0.05) is 11.1 Å². The lowest BCUT2D eigenvalue weighted by Gasteiger charge is -2.05. The smallest absolute Gasteiger partial charge is 0.341 e. The number of aromatic nitrogens is 2. The number of hydrogen-bond acceptors (Lipinski definition) is 6. The molecule has 0 saturated heterocycles. The van der Waals surface area contributed by atoms with Crippen molar-refractivity contribution < 1.29 is 24.2 Å². The van der Waals surface area contributed by atoms with E-state index in [0.717, 1.165) is 10.4 Å². The molecule has 0 aliphatic rings. The fraction of sp³-hybridized carbons (Fsp3) is 0.333. The van der Waals surface area contributed by atoms with E-state index in [9.17, 15) is 14.4 Å². The second kappa shape index (κ2) is 7.26. The predicted octanol–water partition coefficient (Wildman–Crippen LogP) is 2.08. The average molecular weight is 351 g/mol. The molecule has 0 unspecified atom stereocenters. The normalized spacial score (nSPS) is 10.5. The molecule has 1 amide bonds. The summed E-state index contributed by atoms with van der Waals surface area (Å²) in [5.41, 5.74) is 1.38. The molecular weight excluding hydrogens is 334 g/mol. The first-order valence-corrected chi connectivity index (χ1v) is 7.89. The molecule has 8 nitrogen and oxygen atoms in total. The summed E-state index contributed by atoms with van der Waals surface area (Å²) >= 11 is 1.29. The molecule has 2 aromatic heterocycles. The molecule has 2 heterocycles. The van der Waals surface area contributed by atoms with Gasteiger partial charge in [-0.2, -0.15) is 5.10 Å². The van der Waals surface area contributed by atoms with Gasteiger partial charge in [-0.25, -0.2) is 4.79 Å². The Labute approximate surface area is 142 Å². The number of amides is 1. The monoisotopic (exact) mass is 351 g/mol. The lowest BCUT2D eigenvalue weighted by Crippen LogP contribution is -2.14. The maximum absolute atomic E-state index is 12.3. The molecule has 0 fully saturated rings. The van der Waals surface area contributed by atoms with Crippen molar-refractivity contribution in [1.29, 1.82) is 0 Å². The summed E-state index contributed by atoms with van der Waals surface area (Å²) < 4.78 is 6.15. The van der Waals surface area contributed by atoms with Gasteiger partial charge in [-0.1, -0.05) is 0 Å². The maximum atomic E-state index is 12.3. The number of aryl methyl sites for hydroxylation is 2. The average Bonchev–Trinajstić information content (AvgIpc) is 3.10. The number of rotatable bonds is 6. The standard InChI is InChI=1S/C15H17N3O5S/c1-8-9(2)24-14(12(8)15(22)23-3)17-13(21)10-6-16-18(7-10)5-4-11(19)20/h6-7H,4-5H2,1-3H3,(H,17,21)(H,19,20). The molecule has 2 N–H and O–H groups in total. The van der Waals surface area contributed by atoms with Crippen LogP contribution in [0.3, 0.4) is 0 Å². The van der Waals surface area contributed by atoms with Crippen LogP contribution in [0.15, 0.2) is 12.4 Å². The van der Waals surface area contributed by atoms with Crippen molar-refractivity contribution in [1.82, 2.24) is 9.78 Å². The van der Waals surface area contributed by atoms with Crippen molar-refractivity contribution in [2.75, 3.05) is 12.4 Å². The number of hydrogen-bond donors (Lipinski definition) is 2. The number of nitrogens with one attached hydrogen (secondary N) is 1. The third-order valence-electron chi connectivity index (χ3n) is 3.45. The first kappa shape index (κ1) is 17.7. The molecular formula is C15H17N3O5S. The zero-order chi connectivity index (χ0) is 17.9. The van der Waals surface area contributed by atoms with Crippen LogP contribution in [-0.4, -0.2) is 39.8 Å². The molecule has 0 radical (unpaired) electrons. The minimum atomic E-state index is -0.941. The zero-order valence-electron chi connectivity index (χ0n) is 13.5. The highest BCUT2D eigenvalue weighted by atomic mass is 32.1. The Hall–Kier alpha value is -2.68. The highest BCUT2D eigenvalue weighted by Crippen LogP contribution is 2.33. The second-order valence-electron chi connectivity index (χ2n) is 5.07. The number of methoxy groups -OCH3 is 1. The molecule has 0 aliphatic carbocycles. The van der Waals surface area contributed by atoms with Crippen LogP contribution in [0.5, 0.6) is 0 Å². The number of carbonyl (C=O) groups is 3. The first-order valence-electron chi connectivity index (χ1n) is 7.07. The summed E-state index contributed by atoms with van der Waals surface area (Å²) in [4.78, 5) is 35.7. The van der Waals surface area contributed by atoms with Crippen LogP contribution in [-0.2, 0) is 16.1 Å². The number of esters is 1. The topological polar surface area (TPSA) is 111 Å². The van der Waals surface area contributed by atoms with Gasteiger partial charge in [-0.3, -0.25) is 14.3 Å². The van der Waals surface area contributed by atoms with Gasteiger partial charge in [0.2, 0.25) is 0 Å². The van der Waals surface area contributed by atoms with Crippen LogP contribution in [0.2, 0.25) is 0 Å². The maximum Gasteiger partial charge on any atom is 0.341 e. The van der Waals surface area contributed by atoms with Gasteiger partial charge in [-0.15, -0.1) is 11.3 Å². The minimum Gasteiger partial charge on any atom is -0.481 e. The summed E-state index contributed by atoms with van der Waals surface area (Å²) in [6.45, 7) is 3.82. The number of carboxylic acid groups (broad SMARTS) is 1. The number of thiophene rings is 1. The largest absolute Gasteiger partial charge is 0.481 e. The molecule has 0 spiro atoms. The number of aliphatic carboxylic acids is 1. The van der Waals surface area contributed by atoms with E-state index in [-0.39, 0.29) is 18.5 Å². The summed E-state index contributed by atoms with van der Waals surface area (Å²) in [5.74, 6) is -1.88. The molecule has 128 valence electrons. The minimum absolute atomic E-state index is 0.0848. The fourth-order valence-electron chi connectivity index (χ4n) is 2.05. The third-order valence-corrected chi connectivity index (χ3v) is 4.57. The van der Waals surface area contributed by atoms with Gasteiger partial charge in [0.25, 0.3) is 5.91 Å². The van der Waals surface area contributed by atoms with Crippen LogP contribution >= 0.6 is 11.3 Å². The van der Waals surface area contributed by atoms with Crippen molar-refractivity contribution in [3.05, 3.63) is 34.0 Å². The SMILES string of the molecule is COC(=O)c1c(NC(=O)c2cnn(CCC(=O)O)c2)sc(C)c1C. The van der Waals surface area contributed by atoms with E-state index in [1.165, 1.54) is 35.5 Å². The van der Waals surface area contributed by atoms with Crippen molar-refractivity contribution in [2.24, 2.45) is 0 Å². The lowest BCUT2D eigenvalue weighted by molar-refractivity contribution is -0.137. The Morgan fingerprint density at radius 2 is 2.08 bits per heavy atom. The van der Waals surface area contributed by atoms with Crippen molar-refractivity contribution in [2.45, 2.75) is 26.8 Å². The zero-order valence-corrected chi connectivity index (χ0v) is 14.3. The van der Waals surface area contributed by atoms with Gasteiger partial charge in [0.1, 0.15) is 5.00 Å². The fourth-order valence-corrected chi connectivity index (χ4v) is 3.10. The van der Waals surface area contributed by atoms with Crippen LogP contribution < -0.4 is 5.32 Å². The number of carbonyl (C=O) groups excluding carboxylic acids is 2. The first-order chi connectivity index (χ1) is 11.3. The molecule has 24 heavy (non-hydrogen) atoms. The van der Waals surface area contributed by atoms with E-state index in [2.05, 4.69) is 10.4 Å². The summed E-state index contributed by atoms with van der Waals surface area (Å²) in [7, 11) is 1.28. The van der Waals surface area contributed by atoms with Gasteiger partial charge >= 0.3 is 11.9 Å². The molecule has 0 atom stereocenters. The van der Waals surface area contributed by atoms with Crippen LogP contribution in [0.25, 0.3) is 0 Å². The van der Waals surface area contributed by atoms with E-state index >= 15 is 0 Å². The van der Waals surface area contributed by atoms with Gasteiger partial charge in [0.05, 0.1) is 37.4 Å². The Kier molecular flexibility index (Phi) is 5.35. The molecule has 0 bridgehead atoms. The molecule has 2 rings (SSSR count). The molecule has 0 aliphatic heterocycles. The van der Waals surface area contributed by atoms with E-state index < -0.39 is 17.8 Å². The lowest BCUT2D eigenvalue weighted by atomic mass is 10.1. The number of ether oxygens (including phenoxy) is 1. The molecule has 0 saturated carbocycles. The summed E-state index contributed by atoms with van der Waals surface area (Å²) in [5, 5.41) is 15.7. The number of carboxylic acids is 1. The van der Waals surface area contributed by atoms with E-state index in [4.69, 9.17) is 9.84 Å². The predicted molar refractivity (Wildman–Crippen MR) is 87.6 cm³/mol. The molecule has 2 aromatic rings. The quantitative estimate of drug-likeness (QED) is 0.771. The van der Waals surface area contributed by atoms with Crippen LogP contribution in [0.4, 0.5) is 5.00 Å². The van der Waals surface area contributed by atoms with Crippen LogP contribution in [0, 0.1) is 13.8 Å². The Bertz CT molecular complexity index is 793. The van der Waals surface area contributed by atoms with Crippen molar-refractivity contribution >= 4 is 34.2 Å². The van der Waals surface area contributed by atoms with E-state index in [1.807, 2.05) is 6.92 Å². The Morgan fingerprint density at radius 3 is 2.71 bits per heavy atom. The summed E-state index contributed by atoms with van der Waals surface area (Å²) in [6, 6.07) is 0. The summed E-state index contributed by atoms with van der Waals surface area (Å²) in [6.07, 6.45) is 2.73. The third kappa shape index (κ3) is 3.80. The molecule has 0 aromatic carbocycles. The second-order valence-corrected chi connectivity index (χ2v) is 6.29. The van der Waals surface area contributed by atoms with Crippen molar-refractivity contribution in [3.63, 3.8) is 0 Å². The number of nitrogens with zero attached hydrogens (tertiary/aromatic N) is 2. The van der Waals surface area contributed by atoms with Gasteiger partial charge in [0.15, 0.2) is 0 Å². The van der Waals surface area contributed by atoms with E-state index in [0.29, 0.717) is 10.6 Å². The van der Waals surface area contributed by atoms with Crippen LogP contribution in [0.1, 0.15) is 37.6 Å². The van der Waals surface area contributed by atoms with Gasteiger partial charge < -0.3 is 15.2 Å².